The summed E-state index contributed by atoms with van der Waals surface area (Å²) in [6.07, 6.45) is 3.28. The quantitative estimate of drug-likeness (QED) is 0.627. The average Bonchev–Trinajstić information content (AvgIpc) is 2.70. The monoisotopic (exact) mass is 384 g/mol. The summed E-state index contributed by atoms with van der Waals surface area (Å²) in [6.45, 7) is 4.71. The van der Waals surface area contributed by atoms with Gasteiger partial charge in [-0.1, -0.05) is 62.2 Å². The first-order valence-electron chi connectivity index (χ1n) is 9.86. The van der Waals surface area contributed by atoms with E-state index in [1.165, 1.54) is 12.1 Å². The Morgan fingerprint density at radius 1 is 1.00 bits per heavy atom. The summed E-state index contributed by atoms with van der Waals surface area (Å²) in [5, 5.41) is 2.92. The largest absolute Gasteiger partial charge is 0.354 e. The van der Waals surface area contributed by atoms with Crippen molar-refractivity contribution < 1.29 is 14.0 Å². The number of hydrogen-bond donors (Lipinski definition) is 1. The third kappa shape index (κ3) is 6.80. The van der Waals surface area contributed by atoms with Crippen molar-refractivity contribution in [2.75, 3.05) is 6.54 Å². The van der Waals surface area contributed by atoms with Crippen LogP contribution < -0.4 is 5.32 Å². The molecule has 5 heteroatoms. The van der Waals surface area contributed by atoms with Gasteiger partial charge in [-0.2, -0.15) is 0 Å². The molecule has 0 aromatic heterocycles. The highest BCUT2D eigenvalue weighted by Gasteiger charge is 2.26. The van der Waals surface area contributed by atoms with E-state index in [1.54, 1.807) is 24.0 Å². The molecule has 2 amide bonds. The Hall–Kier alpha value is -2.69. The van der Waals surface area contributed by atoms with Crippen molar-refractivity contribution in [3.8, 4) is 0 Å². The summed E-state index contributed by atoms with van der Waals surface area (Å²) in [5.41, 5.74) is 1.68. The van der Waals surface area contributed by atoms with Crippen LogP contribution in [0.25, 0.3) is 0 Å². The number of carbonyl (C=O) groups is 2. The molecule has 0 heterocycles. The summed E-state index contributed by atoms with van der Waals surface area (Å²) in [7, 11) is 0. The van der Waals surface area contributed by atoms with Gasteiger partial charge in [0.15, 0.2) is 0 Å². The first-order chi connectivity index (χ1) is 13.5. The Morgan fingerprint density at radius 2 is 1.68 bits per heavy atom. The molecule has 0 saturated heterocycles. The molecular formula is C23H29FN2O2. The minimum Gasteiger partial charge on any atom is -0.354 e. The molecular weight excluding hydrogens is 355 g/mol. The second-order valence-electron chi connectivity index (χ2n) is 6.98. The van der Waals surface area contributed by atoms with E-state index >= 15 is 0 Å². The van der Waals surface area contributed by atoms with Crippen molar-refractivity contribution in [2.45, 2.75) is 52.1 Å². The molecule has 0 aliphatic heterocycles. The first-order valence-corrected chi connectivity index (χ1v) is 9.86. The number of halogens is 1. The van der Waals surface area contributed by atoms with Gasteiger partial charge in [0.05, 0.1) is 6.42 Å². The van der Waals surface area contributed by atoms with Crippen molar-refractivity contribution in [1.82, 2.24) is 10.2 Å². The zero-order valence-electron chi connectivity index (χ0n) is 16.7. The molecule has 2 aromatic carbocycles. The molecule has 0 saturated carbocycles. The van der Waals surface area contributed by atoms with Gasteiger partial charge >= 0.3 is 0 Å². The van der Waals surface area contributed by atoms with Gasteiger partial charge in [-0.05, 0) is 36.6 Å². The number of carbonyl (C=O) groups excluding carboxylic acids is 2. The van der Waals surface area contributed by atoms with E-state index in [1.807, 2.05) is 30.3 Å². The minimum atomic E-state index is -0.608. The standard InChI is InChI=1S/C23H29FN2O2/c1-3-4-8-15-25-23(28)18(2)26(17-20-11-13-21(24)14-12-20)22(27)16-19-9-6-5-7-10-19/h5-7,9-14,18H,3-4,8,15-17H2,1-2H3,(H,25,28)/t18-/m0/s1. The van der Waals surface area contributed by atoms with E-state index in [0.717, 1.165) is 30.4 Å². The second kappa shape index (κ2) is 11.2. The van der Waals surface area contributed by atoms with Crippen LogP contribution in [0.1, 0.15) is 44.2 Å². The highest BCUT2D eigenvalue weighted by atomic mass is 19.1. The lowest BCUT2D eigenvalue weighted by Crippen LogP contribution is -2.48. The molecule has 4 nitrogen and oxygen atoms in total. The van der Waals surface area contributed by atoms with Gasteiger partial charge in [0.1, 0.15) is 11.9 Å². The summed E-state index contributed by atoms with van der Waals surface area (Å²) in [4.78, 5) is 27.1. The predicted molar refractivity (Wildman–Crippen MR) is 109 cm³/mol. The van der Waals surface area contributed by atoms with Gasteiger partial charge < -0.3 is 10.2 Å². The zero-order valence-corrected chi connectivity index (χ0v) is 16.7. The minimum absolute atomic E-state index is 0.133. The van der Waals surface area contributed by atoms with E-state index in [4.69, 9.17) is 0 Å². The van der Waals surface area contributed by atoms with Gasteiger partial charge in [-0.15, -0.1) is 0 Å². The number of unbranched alkanes of at least 4 members (excludes halogenated alkanes) is 2. The van der Waals surface area contributed by atoms with Crippen LogP contribution in [0.5, 0.6) is 0 Å². The smallest absolute Gasteiger partial charge is 0.242 e. The Labute approximate surface area is 166 Å². The summed E-state index contributed by atoms with van der Waals surface area (Å²) in [5.74, 6) is -0.626. The van der Waals surface area contributed by atoms with E-state index in [-0.39, 0.29) is 30.6 Å². The van der Waals surface area contributed by atoms with Crippen molar-refractivity contribution in [3.05, 3.63) is 71.5 Å². The molecule has 2 aromatic rings. The van der Waals surface area contributed by atoms with Crippen LogP contribution in [0.2, 0.25) is 0 Å². The lowest BCUT2D eigenvalue weighted by Gasteiger charge is -2.29. The van der Waals surface area contributed by atoms with E-state index in [0.29, 0.717) is 6.54 Å². The van der Waals surface area contributed by atoms with Gasteiger partial charge in [-0.25, -0.2) is 4.39 Å². The first kappa shape index (κ1) is 21.6. The van der Waals surface area contributed by atoms with Crippen molar-refractivity contribution in [2.24, 2.45) is 0 Å². The van der Waals surface area contributed by atoms with Crippen LogP contribution in [0.4, 0.5) is 4.39 Å². The maximum Gasteiger partial charge on any atom is 0.242 e. The third-order valence-corrected chi connectivity index (χ3v) is 4.71. The molecule has 0 aliphatic carbocycles. The zero-order chi connectivity index (χ0) is 20.4. The van der Waals surface area contributed by atoms with Gasteiger partial charge in [0.25, 0.3) is 0 Å². The molecule has 0 aliphatic rings. The van der Waals surface area contributed by atoms with Crippen LogP contribution in [0.3, 0.4) is 0 Å². The number of benzene rings is 2. The molecule has 0 bridgehead atoms. The Morgan fingerprint density at radius 3 is 2.32 bits per heavy atom. The van der Waals surface area contributed by atoms with E-state index < -0.39 is 6.04 Å². The lowest BCUT2D eigenvalue weighted by molar-refractivity contribution is -0.140. The van der Waals surface area contributed by atoms with Crippen molar-refractivity contribution in [1.29, 1.82) is 0 Å². The molecule has 150 valence electrons. The number of rotatable bonds is 10. The maximum absolute atomic E-state index is 13.2. The van der Waals surface area contributed by atoms with Crippen LogP contribution in [-0.4, -0.2) is 29.3 Å². The fourth-order valence-electron chi connectivity index (χ4n) is 2.98. The summed E-state index contributed by atoms with van der Waals surface area (Å²) < 4.78 is 13.2. The Kier molecular flexibility index (Phi) is 8.66. The SMILES string of the molecule is CCCCCNC(=O)[C@H](C)N(Cc1ccc(F)cc1)C(=O)Cc1ccccc1. The molecule has 1 N–H and O–H groups in total. The molecule has 0 unspecified atom stereocenters. The molecule has 2 rings (SSSR count). The molecule has 0 fully saturated rings. The fraction of sp³-hybridized carbons (Fsp3) is 0.391. The highest BCUT2D eigenvalue weighted by Crippen LogP contribution is 2.13. The average molecular weight is 384 g/mol. The van der Waals surface area contributed by atoms with Crippen LogP contribution in [-0.2, 0) is 22.6 Å². The molecule has 28 heavy (non-hydrogen) atoms. The Balaban J connectivity index is 2.10. The summed E-state index contributed by atoms with van der Waals surface area (Å²) >= 11 is 0. The Bertz CT molecular complexity index is 747. The van der Waals surface area contributed by atoms with Gasteiger partial charge in [0, 0.05) is 13.1 Å². The highest BCUT2D eigenvalue weighted by molar-refractivity contribution is 5.88. The normalized spacial score (nSPS) is 11.7. The number of nitrogens with one attached hydrogen (secondary N) is 1. The van der Waals surface area contributed by atoms with Crippen LogP contribution in [0, 0.1) is 5.82 Å². The van der Waals surface area contributed by atoms with E-state index in [2.05, 4.69) is 12.2 Å². The second-order valence-corrected chi connectivity index (χ2v) is 6.98. The lowest BCUT2D eigenvalue weighted by atomic mass is 10.1. The van der Waals surface area contributed by atoms with Crippen molar-refractivity contribution >= 4 is 11.8 Å². The van der Waals surface area contributed by atoms with E-state index in [9.17, 15) is 14.0 Å². The maximum atomic E-state index is 13.2. The van der Waals surface area contributed by atoms with Gasteiger partial charge in [0.2, 0.25) is 11.8 Å². The summed E-state index contributed by atoms with van der Waals surface area (Å²) in [6, 6.07) is 14.9. The topological polar surface area (TPSA) is 49.4 Å². The number of nitrogens with zero attached hydrogens (tertiary/aromatic N) is 1. The molecule has 1 atom stereocenters. The fourth-order valence-corrected chi connectivity index (χ4v) is 2.98. The predicted octanol–water partition coefficient (Wildman–Crippen LogP) is 4.09. The molecule has 0 spiro atoms. The van der Waals surface area contributed by atoms with Crippen molar-refractivity contribution in [3.63, 3.8) is 0 Å². The van der Waals surface area contributed by atoms with Crippen LogP contribution >= 0.6 is 0 Å². The third-order valence-electron chi connectivity index (χ3n) is 4.71. The van der Waals surface area contributed by atoms with Gasteiger partial charge in [-0.3, -0.25) is 9.59 Å². The number of amides is 2. The molecule has 0 radical (unpaired) electrons. The van der Waals surface area contributed by atoms with Crippen LogP contribution in [0.15, 0.2) is 54.6 Å². The number of hydrogen-bond acceptors (Lipinski definition) is 2.